The van der Waals surface area contributed by atoms with Gasteiger partial charge >= 0.3 is 5.97 Å². The third-order valence-corrected chi connectivity index (χ3v) is 9.99. The number of carbonyl (C=O) groups is 1. The van der Waals surface area contributed by atoms with Gasteiger partial charge in [-0.15, -0.1) is 11.3 Å². The zero-order valence-electron chi connectivity index (χ0n) is 24.5. The van der Waals surface area contributed by atoms with E-state index >= 15 is 0 Å². The number of benzene rings is 2. The molecule has 0 amide bonds. The topological polar surface area (TPSA) is 98.9 Å². The normalized spacial score (nSPS) is 25.8. The van der Waals surface area contributed by atoms with Crippen molar-refractivity contribution < 1.29 is 19.4 Å². The highest BCUT2D eigenvalue weighted by Crippen LogP contribution is 2.44. The van der Waals surface area contributed by atoms with Gasteiger partial charge < -0.3 is 19.5 Å². The molecule has 6 rings (SSSR count). The summed E-state index contributed by atoms with van der Waals surface area (Å²) in [4.78, 5) is 21.4. The second-order valence-corrected chi connectivity index (χ2v) is 13.0. The average molecular weight is 587 g/mol. The molecule has 1 saturated carbocycles. The molecule has 2 saturated heterocycles. The molecule has 2 bridgehead atoms. The number of rotatable bonds is 8. The first-order valence-corrected chi connectivity index (χ1v) is 15.7. The molecule has 9 heteroatoms. The van der Waals surface area contributed by atoms with Crippen LogP contribution >= 0.6 is 11.3 Å². The first-order valence-electron chi connectivity index (χ1n) is 14.8. The van der Waals surface area contributed by atoms with Crippen LogP contribution in [0, 0.1) is 36.0 Å². The first kappa shape index (κ1) is 28.7. The molecule has 0 radical (unpaired) electrons. The molecular weight excluding hydrogens is 548 g/mol. The number of aliphatic carboxylic acids is 1. The summed E-state index contributed by atoms with van der Waals surface area (Å²) in [5.74, 6) is 0.225. The minimum Gasteiger partial charge on any atom is -0.488 e. The van der Waals surface area contributed by atoms with Crippen LogP contribution in [-0.4, -0.2) is 59.3 Å². The van der Waals surface area contributed by atoms with Crippen molar-refractivity contribution in [2.45, 2.75) is 58.9 Å². The van der Waals surface area contributed by atoms with Crippen LogP contribution in [0.5, 0.6) is 5.75 Å². The number of hydrogen-bond donors (Lipinski definition) is 1. The molecule has 0 spiro atoms. The summed E-state index contributed by atoms with van der Waals surface area (Å²) in [5.41, 5.74) is 5.49. The zero-order chi connectivity index (χ0) is 29.4. The Kier molecular flexibility index (Phi) is 8.22. The van der Waals surface area contributed by atoms with E-state index in [-0.39, 0.29) is 30.5 Å². The number of thiazole rings is 1. The lowest BCUT2D eigenvalue weighted by Crippen LogP contribution is -2.46. The van der Waals surface area contributed by atoms with Crippen molar-refractivity contribution in [2.75, 3.05) is 31.1 Å². The minimum atomic E-state index is -0.654. The van der Waals surface area contributed by atoms with Crippen molar-refractivity contribution in [1.82, 2.24) is 9.88 Å². The minimum absolute atomic E-state index is 0.188. The van der Waals surface area contributed by atoms with E-state index in [2.05, 4.69) is 54.2 Å². The molecular formula is C33H38N4O4S. The van der Waals surface area contributed by atoms with E-state index in [4.69, 9.17) is 14.5 Å². The summed E-state index contributed by atoms with van der Waals surface area (Å²) < 4.78 is 12.1. The second kappa shape index (κ2) is 12.0. The smallest absolute Gasteiger partial charge is 0.307 e. The number of ether oxygens (including phenoxy) is 2. The molecule has 5 atom stereocenters. The molecule has 2 aliphatic heterocycles. The van der Waals surface area contributed by atoms with Gasteiger partial charge in [-0.05, 0) is 69.2 Å². The maximum absolute atomic E-state index is 11.8. The van der Waals surface area contributed by atoms with Gasteiger partial charge in [0.05, 0.1) is 36.0 Å². The highest BCUT2D eigenvalue weighted by atomic mass is 32.1. The van der Waals surface area contributed by atoms with Gasteiger partial charge in [-0.2, -0.15) is 5.26 Å². The fourth-order valence-electron chi connectivity index (χ4n) is 6.82. The van der Waals surface area contributed by atoms with Gasteiger partial charge in [-0.3, -0.25) is 9.69 Å². The van der Waals surface area contributed by atoms with Crippen LogP contribution in [-0.2, 0) is 22.7 Å². The second-order valence-electron chi connectivity index (χ2n) is 12.2. The summed E-state index contributed by atoms with van der Waals surface area (Å²) in [6, 6.07) is 14.9. The fraction of sp³-hybridized carbons (Fsp3) is 0.485. The van der Waals surface area contributed by atoms with Crippen LogP contribution in [0.1, 0.15) is 48.9 Å². The summed E-state index contributed by atoms with van der Waals surface area (Å²) in [7, 11) is 0. The maximum atomic E-state index is 11.8. The quantitative estimate of drug-likeness (QED) is 0.358. The predicted molar refractivity (Wildman–Crippen MR) is 163 cm³/mol. The van der Waals surface area contributed by atoms with Crippen molar-refractivity contribution in [3.8, 4) is 23.1 Å². The molecule has 3 aliphatic rings. The van der Waals surface area contributed by atoms with E-state index in [0.717, 1.165) is 84.5 Å². The molecule has 8 nitrogen and oxygen atoms in total. The Labute approximate surface area is 251 Å². The molecule has 1 unspecified atom stereocenters. The third kappa shape index (κ3) is 5.89. The number of carboxylic acids is 1. The number of morpholine rings is 1. The number of fused-ring (bicyclic) bond motifs is 2. The molecule has 1 N–H and O–H groups in total. The van der Waals surface area contributed by atoms with Gasteiger partial charge in [0.25, 0.3) is 0 Å². The van der Waals surface area contributed by atoms with Crippen molar-refractivity contribution in [1.29, 1.82) is 5.26 Å². The molecule has 3 fully saturated rings. The third-order valence-electron chi connectivity index (χ3n) is 9.09. The SMILES string of the molecule is Cc1ccc(OCc2ccc(CN3C[C@H](C)OC[C@@H]3C)cc2C#N)c(-c2csc(N3C[C@H]4CC[C@@H](C3)C4C(=O)O)n2)c1. The summed E-state index contributed by atoms with van der Waals surface area (Å²) in [6.07, 6.45) is 2.16. The Morgan fingerprint density at radius 3 is 2.69 bits per heavy atom. The van der Waals surface area contributed by atoms with Crippen molar-refractivity contribution in [2.24, 2.45) is 17.8 Å². The molecule has 3 heterocycles. The van der Waals surface area contributed by atoms with Crippen molar-refractivity contribution in [3.63, 3.8) is 0 Å². The number of hydrogen-bond acceptors (Lipinski definition) is 8. The Balaban J connectivity index is 1.16. The predicted octanol–water partition coefficient (Wildman–Crippen LogP) is 5.73. The van der Waals surface area contributed by atoms with Crippen molar-refractivity contribution in [3.05, 3.63) is 64.0 Å². The van der Waals surface area contributed by atoms with Crippen LogP contribution in [0.4, 0.5) is 5.13 Å². The van der Waals surface area contributed by atoms with Crippen LogP contribution in [0.15, 0.2) is 41.8 Å². The molecule has 1 aliphatic carbocycles. The Hall–Kier alpha value is -3.45. The molecule has 1 aromatic heterocycles. The molecule has 3 aromatic rings. The summed E-state index contributed by atoms with van der Waals surface area (Å²) >= 11 is 1.60. The van der Waals surface area contributed by atoms with E-state index in [1.54, 1.807) is 11.3 Å². The van der Waals surface area contributed by atoms with Crippen molar-refractivity contribution >= 4 is 22.4 Å². The van der Waals surface area contributed by atoms with Gasteiger partial charge in [-0.1, -0.05) is 23.8 Å². The number of anilines is 1. The van der Waals surface area contributed by atoms with Crippen LogP contribution < -0.4 is 9.64 Å². The number of nitriles is 1. The van der Waals surface area contributed by atoms with Gasteiger partial charge in [0.15, 0.2) is 5.13 Å². The lowest BCUT2D eigenvalue weighted by Gasteiger charge is -2.36. The van der Waals surface area contributed by atoms with Gasteiger partial charge in [-0.25, -0.2) is 4.98 Å². The van der Waals surface area contributed by atoms with Crippen LogP contribution in [0.3, 0.4) is 0 Å². The van der Waals surface area contributed by atoms with Crippen LogP contribution in [0.25, 0.3) is 11.3 Å². The standard InChI is InChI=1S/C33H38N4O4S/c1-20-4-9-30(41-18-26-6-5-23(11-27(26)12-34)14-36-13-22(3)40-17-21(36)2)28(10-20)29-19-42-33(35-29)37-15-24-7-8-25(16-37)31(24)32(38)39/h4-6,9-11,19,21-22,24-25,31H,7-8,13-18H2,1-3H3,(H,38,39)/t21-,22-,24-,25+,31?/m0/s1. The Morgan fingerprint density at radius 2 is 1.95 bits per heavy atom. The number of aromatic nitrogens is 1. The maximum Gasteiger partial charge on any atom is 0.307 e. The van der Waals surface area contributed by atoms with E-state index in [0.29, 0.717) is 11.6 Å². The largest absolute Gasteiger partial charge is 0.488 e. The lowest BCUT2D eigenvalue weighted by molar-refractivity contribution is -0.144. The molecule has 2 aromatic carbocycles. The van der Waals surface area contributed by atoms with Gasteiger partial charge in [0, 0.05) is 48.7 Å². The van der Waals surface area contributed by atoms with E-state index in [1.165, 1.54) is 0 Å². The van der Waals surface area contributed by atoms with Gasteiger partial charge in [0.1, 0.15) is 12.4 Å². The number of piperidine rings is 1. The summed E-state index contributed by atoms with van der Waals surface area (Å²) in [5, 5.41) is 22.6. The lowest BCUT2D eigenvalue weighted by atomic mass is 9.85. The number of nitrogens with zero attached hydrogens (tertiary/aromatic N) is 4. The highest BCUT2D eigenvalue weighted by molar-refractivity contribution is 7.14. The monoisotopic (exact) mass is 586 g/mol. The number of aryl methyl sites for hydroxylation is 1. The highest BCUT2D eigenvalue weighted by Gasteiger charge is 2.46. The molecule has 220 valence electrons. The van der Waals surface area contributed by atoms with E-state index in [9.17, 15) is 15.2 Å². The van der Waals surface area contributed by atoms with E-state index in [1.807, 2.05) is 24.3 Å². The summed E-state index contributed by atoms with van der Waals surface area (Å²) in [6.45, 7) is 10.5. The number of carboxylic acid groups (broad SMARTS) is 1. The van der Waals surface area contributed by atoms with Gasteiger partial charge in [0.2, 0.25) is 0 Å². The zero-order valence-corrected chi connectivity index (χ0v) is 25.3. The Bertz CT molecular complexity index is 1490. The average Bonchev–Trinajstić information content (AvgIpc) is 3.57. The van der Waals surface area contributed by atoms with Crippen LogP contribution in [0.2, 0.25) is 0 Å². The Morgan fingerprint density at radius 1 is 1.17 bits per heavy atom. The fourth-order valence-corrected chi connectivity index (χ4v) is 7.67. The molecule has 42 heavy (non-hydrogen) atoms. The van der Waals surface area contributed by atoms with E-state index < -0.39 is 5.97 Å². The first-order chi connectivity index (χ1) is 20.3.